The highest BCUT2D eigenvalue weighted by Gasteiger charge is 2.04. The van der Waals surface area contributed by atoms with Crippen molar-refractivity contribution in [1.82, 2.24) is 4.98 Å². The summed E-state index contributed by atoms with van der Waals surface area (Å²) in [4.78, 5) is 4.14. The number of aromatic nitrogens is 1. The van der Waals surface area contributed by atoms with Crippen molar-refractivity contribution >= 4 is 15.9 Å². The van der Waals surface area contributed by atoms with Crippen LogP contribution in [0.25, 0.3) is 11.3 Å². The molecule has 0 unspecified atom stereocenters. The summed E-state index contributed by atoms with van der Waals surface area (Å²) in [7, 11) is 0. The van der Waals surface area contributed by atoms with E-state index in [1.807, 2.05) is 12.1 Å². The molecule has 0 aliphatic rings. The first-order chi connectivity index (χ1) is 7.69. The van der Waals surface area contributed by atoms with E-state index in [9.17, 15) is 4.39 Å². The Morgan fingerprint density at radius 3 is 2.69 bits per heavy atom. The van der Waals surface area contributed by atoms with E-state index < -0.39 is 5.82 Å². The highest BCUT2D eigenvalue weighted by atomic mass is 79.9. The van der Waals surface area contributed by atoms with E-state index in [1.165, 1.54) is 12.1 Å². The van der Waals surface area contributed by atoms with Crippen molar-refractivity contribution in [3.05, 3.63) is 52.4 Å². The Morgan fingerprint density at radius 1 is 1.25 bits per heavy atom. The van der Waals surface area contributed by atoms with Crippen molar-refractivity contribution < 1.29 is 4.39 Å². The van der Waals surface area contributed by atoms with E-state index in [0.717, 1.165) is 4.47 Å². The van der Waals surface area contributed by atoms with Gasteiger partial charge in [0.2, 0.25) is 0 Å². The van der Waals surface area contributed by atoms with Gasteiger partial charge in [-0.15, -0.1) is 0 Å². The Morgan fingerprint density at radius 2 is 2.06 bits per heavy atom. The van der Waals surface area contributed by atoms with Crippen molar-refractivity contribution in [3.8, 4) is 17.3 Å². The zero-order valence-electron chi connectivity index (χ0n) is 8.11. The standard InChI is InChI=1S/C12H6BrFN2/c13-10-1-2-12(16-7-10)9-3-8(6-15)4-11(14)5-9/h1-5,7H. The average Bonchev–Trinajstić information content (AvgIpc) is 2.29. The Labute approximate surface area is 100 Å². The summed E-state index contributed by atoms with van der Waals surface area (Å²) in [6.07, 6.45) is 1.63. The number of nitriles is 1. The van der Waals surface area contributed by atoms with Crippen LogP contribution in [-0.4, -0.2) is 4.98 Å². The first-order valence-corrected chi connectivity index (χ1v) is 5.31. The van der Waals surface area contributed by atoms with Gasteiger partial charge in [0, 0.05) is 16.2 Å². The van der Waals surface area contributed by atoms with Gasteiger partial charge in [0.1, 0.15) is 5.82 Å². The summed E-state index contributed by atoms with van der Waals surface area (Å²) in [5, 5.41) is 8.73. The van der Waals surface area contributed by atoms with Gasteiger partial charge in [-0.2, -0.15) is 5.26 Å². The molecule has 1 heterocycles. The lowest BCUT2D eigenvalue weighted by Crippen LogP contribution is -1.86. The van der Waals surface area contributed by atoms with E-state index in [-0.39, 0.29) is 0 Å². The third kappa shape index (κ3) is 2.26. The van der Waals surface area contributed by atoms with Gasteiger partial charge in [-0.3, -0.25) is 4.98 Å². The summed E-state index contributed by atoms with van der Waals surface area (Å²) in [6, 6.07) is 9.66. The molecular formula is C12H6BrFN2. The largest absolute Gasteiger partial charge is 0.255 e. The second-order valence-electron chi connectivity index (χ2n) is 3.20. The van der Waals surface area contributed by atoms with Crippen LogP contribution in [0, 0.1) is 17.1 Å². The van der Waals surface area contributed by atoms with Crippen LogP contribution in [0.5, 0.6) is 0 Å². The van der Waals surface area contributed by atoms with Crippen LogP contribution in [-0.2, 0) is 0 Å². The third-order valence-electron chi connectivity index (χ3n) is 2.05. The first kappa shape index (κ1) is 10.8. The second kappa shape index (κ2) is 4.42. The van der Waals surface area contributed by atoms with Crippen molar-refractivity contribution in [2.24, 2.45) is 0 Å². The maximum Gasteiger partial charge on any atom is 0.125 e. The monoisotopic (exact) mass is 276 g/mol. The molecular weight excluding hydrogens is 271 g/mol. The summed E-state index contributed by atoms with van der Waals surface area (Å²) < 4.78 is 14.0. The van der Waals surface area contributed by atoms with Crippen LogP contribution >= 0.6 is 15.9 Å². The summed E-state index contributed by atoms with van der Waals surface area (Å²) >= 11 is 3.27. The summed E-state index contributed by atoms with van der Waals surface area (Å²) in [5.74, 6) is -0.432. The van der Waals surface area contributed by atoms with E-state index in [0.29, 0.717) is 16.8 Å². The lowest BCUT2D eigenvalue weighted by atomic mass is 10.1. The molecule has 0 saturated carbocycles. The number of pyridine rings is 1. The molecule has 0 aliphatic carbocycles. The fourth-order valence-electron chi connectivity index (χ4n) is 1.35. The van der Waals surface area contributed by atoms with Crippen LogP contribution < -0.4 is 0 Å². The fourth-order valence-corrected chi connectivity index (χ4v) is 1.58. The highest BCUT2D eigenvalue weighted by molar-refractivity contribution is 9.10. The Hall–Kier alpha value is -1.73. The molecule has 16 heavy (non-hydrogen) atoms. The zero-order chi connectivity index (χ0) is 11.5. The lowest BCUT2D eigenvalue weighted by Gasteiger charge is -2.01. The number of rotatable bonds is 1. The molecule has 0 aliphatic heterocycles. The minimum atomic E-state index is -0.432. The molecule has 0 amide bonds. The average molecular weight is 277 g/mol. The van der Waals surface area contributed by atoms with Gasteiger partial charge in [-0.25, -0.2) is 4.39 Å². The Kier molecular flexibility index (Phi) is 2.97. The minimum absolute atomic E-state index is 0.291. The van der Waals surface area contributed by atoms with Crippen molar-refractivity contribution in [2.75, 3.05) is 0 Å². The molecule has 0 fully saturated rings. The van der Waals surface area contributed by atoms with Crippen LogP contribution in [0.3, 0.4) is 0 Å². The molecule has 0 atom stereocenters. The molecule has 0 saturated heterocycles. The van der Waals surface area contributed by atoms with Gasteiger partial charge in [-0.05, 0) is 46.3 Å². The number of hydrogen-bond acceptors (Lipinski definition) is 2. The van der Waals surface area contributed by atoms with Crippen LogP contribution in [0.4, 0.5) is 4.39 Å². The molecule has 0 spiro atoms. The molecule has 0 radical (unpaired) electrons. The lowest BCUT2D eigenvalue weighted by molar-refractivity contribution is 0.628. The van der Waals surface area contributed by atoms with E-state index in [4.69, 9.17) is 5.26 Å². The van der Waals surface area contributed by atoms with Crippen molar-refractivity contribution in [1.29, 1.82) is 5.26 Å². The smallest absolute Gasteiger partial charge is 0.125 e. The number of nitrogens with zero attached hydrogens (tertiary/aromatic N) is 2. The second-order valence-corrected chi connectivity index (χ2v) is 4.12. The predicted octanol–water partition coefficient (Wildman–Crippen LogP) is 3.52. The van der Waals surface area contributed by atoms with Crippen LogP contribution in [0.15, 0.2) is 41.0 Å². The molecule has 1 aromatic heterocycles. The van der Waals surface area contributed by atoms with Gasteiger partial charge in [-0.1, -0.05) is 0 Å². The van der Waals surface area contributed by atoms with Crippen LogP contribution in [0.1, 0.15) is 5.56 Å². The number of benzene rings is 1. The van der Waals surface area contributed by atoms with Gasteiger partial charge in [0.05, 0.1) is 17.3 Å². The van der Waals surface area contributed by atoms with Crippen LogP contribution in [0.2, 0.25) is 0 Å². The molecule has 78 valence electrons. The molecule has 2 aromatic rings. The fraction of sp³-hybridized carbons (Fsp3) is 0. The maximum absolute atomic E-state index is 13.2. The minimum Gasteiger partial charge on any atom is -0.255 e. The molecule has 0 bridgehead atoms. The molecule has 4 heteroatoms. The SMILES string of the molecule is N#Cc1cc(F)cc(-c2ccc(Br)cn2)c1. The maximum atomic E-state index is 13.2. The number of halogens is 2. The quantitative estimate of drug-likeness (QED) is 0.799. The van der Waals surface area contributed by atoms with Gasteiger partial charge < -0.3 is 0 Å². The third-order valence-corrected chi connectivity index (χ3v) is 2.52. The highest BCUT2D eigenvalue weighted by Crippen LogP contribution is 2.21. The van der Waals surface area contributed by atoms with Gasteiger partial charge >= 0.3 is 0 Å². The summed E-state index contributed by atoms with van der Waals surface area (Å²) in [6.45, 7) is 0. The Balaban J connectivity index is 2.52. The zero-order valence-corrected chi connectivity index (χ0v) is 9.70. The first-order valence-electron chi connectivity index (χ1n) is 4.51. The van der Waals surface area contributed by atoms with Gasteiger partial charge in [0.15, 0.2) is 0 Å². The van der Waals surface area contributed by atoms with Gasteiger partial charge in [0.25, 0.3) is 0 Å². The Bertz CT molecular complexity index is 558. The molecule has 0 N–H and O–H groups in total. The van der Waals surface area contributed by atoms with Crippen molar-refractivity contribution in [2.45, 2.75) is 0 Å². The van der Waals surface area contributed by atoms with E-state index >= 15 is 0 Å². The van der Waals surface area contributed by atoms with Crippen molar-refractivity contribution in [3.63, 3.8) is 0 Å². The number of hydrogen-bond donors (Lipinski definition) is 0. The normalized spacial score (nSPS) is 9.81. The molecule has 1 aromatic carbocycles. The summed E-state index contributed by atoms with van der Waals surface area (Å²) in [5.41, 5.74) is 1.53. The molecule has 2 nitrogen and oxygen atoms in total. The topological polar surface area (TPSA) is 36.7 Å². The molecule has 2 rings (SSSR count). The van der Waals surface area contributed by atoms with E-state index in [1.54, 1.807) is 18.3 Å². The van der Waals surface area contributed by atoms with E-state index in [2.05, 4.69) is 20.9 Å². The predicted molar refractivity (Wildman–Crippen MR) is 62.0 cm³/mol.